The maximum Gasteiger partial charge on any atom is 0.259 e. The smallest absolute Gasteiger partial charge is 0.259 e. The number of nitrogens with one attached hydrogen (secondary N) is 1. The number of amidine groups is 1. The van der Waals surface area contributed by atoms with Gasteiger partial charge in [-0.05, 0) is 6.42 Å². The van der Waals surface area contributed by atoms with Gasteiger partial charge in [0, 0.05) is 7.05 Å². The fourth-order valence-corrected chi connectivity index (χ4v) is 3.32. The Morgan fingerprint density at radius 3 is 2.78 bits per heavy atom. The molecular formula is C8H14ClN5O3S. The molecule has 0 amide bonds. The summed E-state index contributed by atoms with van der Waals surface area (Å²) in [5.74, 6) is -0.223. The van der Waals surface area contributed by atoms with Crippen LogP contribution in [0, 0.1) is 0 Å². The van der Waals surface area contributed by atoms with Gasteiger partial charge in [-0.1, -0.05) is 23.7 Å². The molecule has 0 saturated carbocycles. The summed E-state index contributed by atoms with van der Waals surface area (Å²) in [5, 5.41) is 14.9. The van der Waals surface area contributed by atoms with E-state index in [4.69, 9.17) is 22.5 Å². The number of hydrogen-bond donors (Lipinski definition) is 3. The summed E-state index contributed by atoms with van der Waals surface area (Å²) >= 11 is 5.76. The number of oxime groups is 1. The van der Waals surface area contributed by atoms with E-state index in [2.05, 4.69) is 15.0 Å². The molecule has 1 aromatic rings. The first kappa shape index (κ1) is 14.7. The molecule has 10 heteroatoms. The summed E-state index contributed by atoms with van der Waals surface area (Å²) in [6.07, 6.45) is 1.55. The second-order valence-corrected chi connectivity index (χ2v) is 5.56. The van der Waals surface area contributed by atoms with E-state index in [9.17, 15) is 8.42 Å². The van der Waals surface area contributed by atoms with Crippen LogP contribution < -0.4 is 10.5 Å². The standard InChI is InChI=1S/C8H14ClN5O3S/c1-3-6(7(10)12-15)13-18(16,17)8-5(9)4-11-14(8)2/h4,6,13,15H,3H2,1-2H3,(H2,10,12). The average Bonchev–Trinajstić information content (AvgIpc) is 2.65. The molecule has 0 bridgehead atoms. The maximum absolute atomic E-state index is 12.1. The highest BCUT2D eigenvalue weighted by molar-refractivity contribution is 7.89. The van der Waals surface area contributed by atoms with Crippen molar-refractivity contribution in [1.82, 2.24) is 14.5 Å². The lowest BCUT2D eigenvalue weighted by atomic mass is 10.2. The van der Waals surface area contributed by atoms with E-state index in [-0.39, 0.29) is 15.9 Å². The molecule has 0 spiro atoms. The van der Waals surface area contributed by atoms with Crippen LogP contribution in [0.1, 0.15) is 13.3 Å². The minimum Gasteiger partial charge on any atom is -0.409 e. The summed E-state index contributed by atoms with van der Waals surface area (Å²) in [5.41, 5.74) is 5.38. The second kappa shape index (κ2) is 5.55. The highest BCUT2D eigenvalue weighted by Crippen LogP contribution is 2.19. The summed E-state index contributed by atoms with van der Waals surface area (Å²) in [7, 11) is -2.45. The molecule has 0 radical (unpaired) electrons. The predicted octanol–water partition coefficient (Wildman–Crippen LogP) is -0.123. The van der Waals surface area contributed by atoms with Crippen molar-refractivity contribution >= 4 is 27.5 Å². The predicted molar refractivity (Wildman–Crippen MR) is 66.0 cm³/mol. The van der Waals surface area contributed by atoms with Crippen molar-refractivity contribution in [2.24, 2.45) is 17.9 Å². The Morgan fingerprint density at radius 2 is 2.39 bits per heavy atom. The zero-order chi connectivity index (χ0) is 13.9. The number of sulfonamides is 1. The van der Waals surface area contributed by atoms with Gasteiger partial charge in [0.1, 0.15) is 0 Å². The van der Waals surface area contributed by atoms with Gasteiger partial charge in [0.15, 0.2) is 10.9 Å². The molecule has 1 heterocycles. The fourth-order valence-electron chi connectivity index (χ4n) is 1.37. The minimum atomic E-state index is -3.90. The first-order chi connectivity index (χ1) is 8.33. The van der Waals surface area contributed by atoms with Crippen molar-refractivity contribution < 1.29 is 13.6 Å². The molecule has 0 aliphatic carbocycles. The molecule has 18 heavy (non-hydrogen) atoms. The Hall–Kier alpha value is -1.32. The van der Waals surface area contributed by atoms with Crippen LogP contribution in [0.4, 0.5) is 0 Å². The zero-order valence-electron chi connectivity index (χ0n) is 9.83. The molecule has 1 aromatic heterocycles. The van der Waals surface area contributed by atoms with Crippen LogP contribution in [0.2, 0.25) is 5.02 Å². The Kier molecular flexibility index (Phi) is 4.54. The molecular weight excluding hydrogens is 282 g/mol. The van der Waals surface area contributed by atoms with Gasteiger partial charge in [0.2, 0.25) is 0 Å². The van der Waals surface area contributed by atoms with E-state index < -0.39 is 16.1 Å². The molecule has 0 saturated heterocycles. The number of aryl methyl sites for hydroxylation is 1. The van der Waals surface area contributed by atoms with Crippen LogP contribution >= 0.6 is 11.6 Å². The summed E-state index contributed by atoms with van der Waals surface area (Å²) in [4.78, 5) is 0. The number of rotatable bonds is 5. The molecule has 8 nitrogen and oxygen atoms in total. The lowest BCUT2D eigenvalue weighted by molar-refractivity contribution is 0.315. The van der Waals surface area contributed by atoms with Gasteiger partial charge < -0.3 is 10.9 Å². The maximum atomic E-state index is 12.1. The Bertz CT molecular complexity index is 534. The van der Waals surface area contributed by atoms with Gasteiger partial charge in [0.25, 0.3) is 10.0 Å². The van der Waals surface area contributed by atoms with E-state index in [0.717, 1.165) is 4.68 Å². The number of halogens is 1. The molecule has 0 aromatic carbocycles. The van der Waals surface area contributed by atoms with E-state index in [1.807, 2.05) is 0 Å². The third-order valence-electron chi connectivity index (χ3n) is 2.28. The topological polar surface area (TPSA) is 123 Å². The number of hydrogen-bond acceptors (Lipinski definition) is 5. The quantitative estimate of drug-likeness (QED) is 0.302. The summed E-state index contributed by atoms with van der Waals surface area (Å²) in [6.45, 7) is 1.69. The Balaban J connectivity index is 3.09. The van der Waals surface area contributed by atoms with Gasteiger partial charge in [-0.2, -0.15) is 9.82 Å². The Labute approximate surface area is 109 Å². The van der Waals surface area contributed by atoms with Crippen molar-refractivity contribution in [3.05, 3.63) is 11.2 Å². The largest absolute Gasteiger partial charge is 0.409 e. The highest BCUT2D eigenvalue weighted by Gasteiger charge is 2.27. The highest BCUT2D eigenvalue weighted by atomic mass is 35.5. The third kappa shape index (κ3) is 2.92. The van der Waals surface area contributed by atoms with Crippen LogP contribution in [0.15, 0.2) is 16.4 Å². The van der Waals surface area contributed by atoms with Crippen molar-refractivity contribution in [2.75, 3.05) is 0 Å². The van der Waals surface area contributed by atoms with Crippen LogP contribution in [0.25, 0.3) is 0 Å². The molecule has 1 rings (SSSR count). The fraction of sp³-hybridized carbons (Fsp3) is 0.500. The molecule has 0 fully saturated rings. The van der Waals surface area contributed by atoms with Crippen molar-refractivity contribution in [2.45, 2.75) is 24.4 Å². The van der Waals surface area contributed by atoms with Gasteiger partial charge >= 0.3 is 0 Å². The molecule has 4 N–H and O–H groups in total. The normalized spacial score (nSPS) is 14.7. The van der Waals surface area contributed by atoms with E-state index in [0.29, 0.717) is 6.42 Å². The monoisotopic (exact) mass is 295 g/mol. The number of nitrogens with two attached hydrogens (primary N) is 1. The van der Waals surface area contributed by atoms with E-state index >= 15 is 0 Å². The first-order valence-electron chi connectivity index (χ1n) is 5.00. The molecule has 0 aliphatic heterocycles. The zero-order valence-corrected chi connectivity index (χ0v) is 11.4. The summed E-state index contributed by atoms with van der Waals surface area (Å²) < 4.78 is 27.6. The van der Waals surface area contributed by atoms with E-state index in [1.165, 1.54) is 13.2 Å². The Morgan fingerprint density at radius 1 is 1.78 bits per heavy atom. The van der Waals surface area contributed by atoms with Crippen LogP contribution in [0.5, 0.6) is 0 Å². The van der Waals surface area contributed by atoms with E-state index in [1.54, 1.807) is 6.92 Å². The van der Waals surface area contributed by atoms with Gasteiger partial charge in [-0.25, -0.2) is 8.42 Å². The lowest BCUT2D eigenvalue weighted by Crippen LogP contribution is -2.44. The number of nitrogens with zero attached hydrogens (tertiary/aromatic N) is 3. The molecule has 102 valence electrons. The van der Waals surface area contributed by atoms with Crippen LogP contribution in [0.3, 0.4) is 0 Å². The number of aromatic nitrogens is 2. The van der Waals surface area contributed by atoms with Gasteiger partial charge in [0.05, 0.1) is 17.3 Å². The molecule has 1 unspecified atom stereocenters. The average molecular weight is 296 g/mol. The van der Waals surface area contributed by atoms with Gasteiger partial charge in [-0.3, -0.25) is 4.68 Å². The minimum absolute atomic E-state index is 0.000591. The molecule has 0 aliphatic rings. The lowest BCUT2D eigenvalue weighted by Gasteiger charge is -2.15. The van der Waals surface area contributed by atoms with Gasteiger partial charge in [-0.15, -0.1) is 0 Å². The third-order valence-corrected chi connectivity index (χ3v) is 4.25. The van der Waals surface area contributed by atoms with Crippen LogP contribution in [-0.2, 0) is 17.1 Å². The first-order valence-corrected chi connectivity index (χ1v) is 6.86. The van der Waals surface area contributed by atoms with Crippen LogP contribution in [-0.4, -0.2) is 35.3 Å². The van der Waals surface area contributed by atoms with Crippen molar-refractivity contribution in [3.63, 3.8) is 0 Å². The SMILES string of the molecule is CCC(NS(=O)(=O)c1c(Cl)cnn1C)C(N)=NO. The molecule has 1 atom stereocenters. The second-order valence-electron chi connectivity index (χ2n) is 3.53. The van der Waals surface area contributed by atoms with Crippen molar-refractivity contribution in [3.8, 4) is 0 Å². The summed E-state index contributed by atoms with van der Waals surface area (Å²) in [6, 6.07) is -0.814. The van der Waals surface area contributed by atoms with Crippen molar-refractivity contribution in [1.29, 1.82) is 0 Å².